The normalized spacial score (nSPS) is 15.5. The highest BCUT2D eigenvalue weighted by Gasteiger charge is 2.17. The lowest BCUT2D eigenvalue weighted by molar-refractivity contribution is 1.08. The fraction of sp³-hybridized carbons (Fsp3) is 0. The monoisotopic (exact) mass is 676 g/mol. The van der Waals surface area contributed by atoms with E-state index in [0.29, 0.717) is 11.1 Å². The molecule has 10 aromatic rings. The number of aromatic nitrogens is 3. The minimum absolute atomic E-state index is 0.164. The highest BCUT2D eigenvalue weighted by Crippen LogP contribution is 2.36. The van der Waals surface area contributed by atoms with Crippen LogP contribution in [0.1, 0.15) is 20.6 Å². The molecule has 10 rings (SSSR count). The zero-order chi connectivity index (χ0) is 47.5. The molecule has 0 saturated carbocycles. The first-order valence-electron chi connectivity index (χ1n) is 23.9. The summed E-state index contributed by atoms with van der Waals surface area (Å²) in [4.78, 5) is 14.7. The number of benzene rings is 9. The second kappa shape index (κ2) is 12.4. The highest BCUT2D eigenvalue weighted by molar-refractivity contribution is 6.11. The van der Waals surface area contributed by atoms with Crippen molar-refractivity contribution in [3.05, 3.63) is 188 Å². The molecule has 3 heteroatoms. The molecular weight excluding hydrogens is 631 g/mol. The number of nitrogens with zero attached hydrogens (tertiary/aromatic N) is 3. The molecule has 242 valence electrons. The third-order valence-corrected chi connectivity index (χ3v) is 8.92. The Morgan fingerprint density at radius 3 is 1.62 bits per heavy atom. The van der Waals surface area contributed by atoms with E-state index in [4.69, 9.17) is 28.7 Å². The van der Waals surface area contributed by atoms with Gasteiger partial charge >= 0.3 is 0 Å². The molecule has 0 N–H and O–H groups in total. The Bertz CT molecular complexity index is 3800. The summed E-state index contributed by atoms with van der Waals surface area (Å²) in [7, 11) is 0. The summed E-state index contributed by atoms with van der Waals surface area (Å²) >= 11 is 0. The summed E-state index contributed by atoms with van der Waals surface area (Å²) in [5.74, 6) is 0.0984. The lowest BCUT2D eigenvalue weighted by Gasteiger charge is -2.13. The van der Waals surface area contributed by atoms with Crippen LogP contribution < -0.4 is 0 Å². The minimum atomic E-state index is -0.798. The quantitative estimate of drug-likeness (QED) is 0.170. The van der Waals surface area contributed by atoms with Crippen LogP contribution in [0.5, 0.6) is 0 Å². The molecule has 1 aromatic heterocycles. The largest absolute Gasteiger partial charge is 0.208 e. The summed E-state index contributed by atoms with van der Waals surface area (Å²) in [6.07, 6.45) is 0. The average Bonchev–Trinajstić information content (AvgIpc) is 3.34. The summed E-state index contributed by atoms with van der Waals surface area (Å²) in [5.41, 5.74) is -1.39. The fourth-order valence-corrected chi connectivity index (χ4v) is 6.46. The molecule has 0 aliphatic rings. The van der Waals surface area contributed by atoms with Crippen molar-refractivity contribution in [2.24, 2.45) is 0 Å². The highest BCUT2D eigenvalue weighted by atomic mass is 15.0. The van der Waals surface area contributed by atoms with Crippen molar-refractivity contribution in [1.82, 2.24) is 15.0 Å². The molecule has 0 radical (unpaired) electrons. The van der Waals surface area contributed by atoms with Crippen LogP contribution in [0.2, 0.25) is 0 Å². The van der Waals surface area contributed by atoms with Crippen molar-refractivity contribution in [3.8, 4) is 56.4 Å². The average molecular weight is 677 g/mol. The van der Waals surface area contributed by atoms with Gasteiger partial charge in [0, 0.05) is 16.7 Å². The first-order chi connectivity index (χ1) is 32.0. The van der Waals surface area contributed by atoms with Crippen LogP contribution in [-0.2, 0) is 0 Å². The van der Waals surface area contributed by atoms with Gasteiger partial charge in [0.15, 0.2) is 17.5 Å². The van der Waals surface area contributed by atoms with Gasteiger partial charge in [-0.25, -0.2) is 15.0 Å². The van der Waals surface area contributed by atoms with Crippen LogP contribution in [0.4, 0.5) is 0 Å². The van der Waals surface area contributed by atoms with E-state index < -0.39 is 124 Å². The van der Waals surface area contributed by atoms with Crippen molar-refractivity contribution in [3.63, 3.8) is 0 Å². The SMILES string of the molecule is [2H]c1c([2H])c([2H])c(-c2c([2H])c([2H])c3c([2H])c(-c4c([2H])c([2H])c([2H])c(-c5nc(-c6cccc7ccccc67)nc(-c6cccc7c6ccc6ccccc67)n5)c4[2H])c([2H])c([2H])c3c2[2H])c([2H])c1[2H]. The van der Waals surface area contributed by atoms with Crippen molar-refractivity contribution in [2.75, 3.05) is 0 Å². The van der Waals surface area contributed by atoms with Gasteiger partial charge in [-0.2, -0.15) is 0 Å². The van der Waals surface area contributed by atoms with Crippen LogP contribution in [-0.4, -0.2) is 15.0 Å². The first-order valence-corrected chi connectivity index (χ1v) is 16.4. The second-order valence-electron chi connectivity index (χ2n) is 12.0. The molecule has 3 nitrogen and oxygen atoms in total. The molecule has 0 aliphatic heterocycles. The van der Waals surface area contributed by atoms with E-state index >= 15 is 0 Å². The topological polar surface area (TPSA) is 38.7 Å². The van der Waals surface area contributed by atoms with Crippen LogP contribution in [0.15, 0.2) is 188 Å². The van der Waals surface area contributed by atoms with Crippen molar-refractivity contribution >= 4 is 43.1 Å². The number of hydrogen-bond donors (Lipinski definition) is 0. The molecule has 0 atom stereocenters. The standard InChI is InChI=1S/C49H31N3/c1-2-11-32(12-3-1)36-23-24-39-30-37(25-26-38(39)29-36)35-16-8-17-40(31-35)47-50-48(45-21-9-15-33-13-4-7-19-42(33)45)52-49(51-47)46-22-10-20-43-41-18-6-5-14-34(41)27-28-44(43)46/h1-31H/i1D,2D,3D,8D,11D,12D,16D,17D,23D,24D,25D,26D,29D,30D,31D. The smallest absolute Gasteiger partial charge is 0.164 e. The van der Waals surface area contributed by atoms with Gasteiger partial charge in [0.1, 0.15) is 0 Å². The van der Waals surface area contributed by atoms with Gasteiger partial charge in [0.2, 0.25) is 0 Å². The zero-order valence-electron chi connectivity index (χ0n) is 42.1. The number of hydrogen-bond acceptors (Lipinski definition) is 3. The molecule has 0 bridgehead atoms. The van der Waals surface area contributed by atoms with Crippen molar-refractivity contribution < 1.29 is 20.6 Å². The Morgan fingerprint density at radius 1 is 0.308 bits per heavy atom. The van der Waals surface area contributed by atoms with Crippen molar-refractivity contribution in [1.29, 1.82) is 0 Å². The maximum atomic E-state index is 9.70. The van der Waals surface area contributed by atoms with E-state index in [9.17, 15) is 6.85 Å². The van der Waals surface area contributed by atoms with Gasteiger partial charge < -0.3 is 0 Å². The van der Waals surface area contributed by atoms with E-state index in [1.807, 2.05) is 97.1 Å². The third-order valence-electron chi connectivity index (χ3n) is 8.92. The summed E-state index contributed by atoms with van der Waals surface area (Å²) in [6.45, 7) is 0. The molecule has 0 saturated heterocycles. The fourth-order valence-electron chi connectivity index (χ4n) is 6.46. The maximum Gasteiger partial charge on any atom is 0.164 e. The maximum absolute atomic E-state index is 9.70. The Kier molecular flexibility index (Phi) is 4.37. The first kappa shape index (κ1) is 18.3. The van der Waals surface area contributed by atoms with Crippen LogP contribution in [0.25, 0.3) is 99.5 Å². The molecule has 0 unspecified atom stereocenters. The van der Waals surface area contributed by atoms with Gasteiger partial charge in [-0.3, -0.25) is 0 Å². The number of rotatable bonds is 5. The van der Waals surface area contributed by atoms with Gasteiger partial charge in [0.05, 0.1) is 20.6 Å². The Hall–Kier alpha value is -6.97. The molecule has 0 spiro atoms. The summed E-state index contributed by atoms with van der Waals surface area (Å²) in [5, 5.41) is 4.36. The van der Waals surface area contributed by atoms with Gasteiger partial charge in [-0.05, 0) is 83.5 Å². The molecule has 1 heterocycles. The van der Waals surface area contributed by atoms with Crippen LogP contribution >= 0.6 is 0 Å². The number of fused-ring (bicyclic) bond motifs is 5. The van der Waals surface area contributed by atoms with Gasteiger partial charge in [0.25, 0.3) is 0 Å². The lowest BCUT2D eigenvalue weighted by Crippen LogP contribution is -2.01. The molecule has 0 fully saturated rings. The lowest BCUT2D eigenvalue weighted by atomic mass is 9.97. The van der Waals surface area contributed by atoms with E-state index in [-0.39, 0.29) is 23.0 Å². The van der Waals surface area contributed by atoms with Crippen LogP contribution in [0, 0.1) is 0 Å². The summed E-state index contributed by atoms with van der Waals surface area (Å²) < 4.78 is 134. The summed E-state index contributed by atoms with van der Waals surface area (Å²) in [6, 6.07) is 19.6. The Morgan fingerprint density at radius 2 is 0.846 bits per heavy atom. The molecule has 0 aliphatic carbocycles. The molecule has 52 heavy (non-hydrogen) atoms. The third kappa shape index (κ3) is 5.28. The van der Waals surface area contributed by atoms with Gasteiger partial charge in [-0.15, -0.1) is 0 Å². The van der Waals surface area contributed by atoms with E-state index in [2.05, 4.69) is 0 Å². The van der Waals surface area contributed by atoms with Crippen LogP contribution in [0.3, 0.4) is 0 Å². The van der Waals surface area contributed by atoms with Crippen molar-refractivity contribution in [2.45, 2.75) is 0 Å². The minimum Gasteiger partial charge on any atom is -0.208 e. The molecule has 9 aromatic carbocycles. The predicted octanol–water partition coefficient (Wildman–Crippen LogP) is 12.8. The predicted molar refractivity (Wildman–Crippen MR) is 217 cm³/mol. The van der Waals surface area contributed by atoms with E-state index in [0.717, 1.165) is 32.3 Å². The Balaban J connectivity index is 1.26. The van der Waals surface area contributed by atoms with E-state index in [1.165, 1.54) is 0 Å². The Labute approximate surface area is 322 Å². The van der Waals surface area contributed by atoms with Gasteiger partial charge in [-0.1, -0.05) is 170 Å². The molecule has 0 amide bonds. The zero-order valence-corrected chi connectivity index (χ0v) is 27.1. The second-order valence-corrected chi connectivity index (χ2v) is 12.0. The van der Waals surface area contributed by atoms with E-state index in [1.54, 1.807) is 0 Å². The molecular formula is C49H31N3.